The monoisotopic (exact) mass is 472 g/mol. The van der Waals surface area contributed by atoms with Crippen molar-refractivity contribution in [1.82, 2.24) is 10.2 Å². The summed E-state index contributed by atoms with van der Waals surface area (Å²) >= 11 is 0. The number of hydrogen-bond acceptors (Lipinski definition) is 7. The van der Waals surface area contributed by atoms with Crippen molar-refractivity contribution in [3.05, 3.63) is 71.8 Å². The normalized spacial score (nSPS) is 11.4. The van der Waals surface area contributed by atoms with Crippen LogP contribution in [-0.4, -0.2) is 67.4 Å². The van der Waals surface area contributed by atoms with Crippen molar-refractivity contribution in [2.24, 2.45) is 0 Å². The topological polar surface area (TPSA) is 114 Å². The molecule has 0 aromatic heterocycles. The Kier molecular flexibility index (Phi) is 12.2. The van der Waals surface area contributed by atoms with E-state index in [1.807, 2.05) is 60.7 Å². The fourth-order valence-electron chi connectivity index (χ4n) is 3.12. The zero-order chi connectivity index (χ0) is 24.6. The van der Waals surface area contributed by atoms with Crippen molar-refractivity contribution in [3.8, 4) is 0 Å². The summed E-state index contributed by atoms with van der Waals surface area (Å²) in [5, 5.41) is 12.1. The molecule has 0 aliphatic heterocycles. The number of esters is 1. The molecule has 0 radical (unpaired) electrons. The molecule has 1 atom stereocenters. The van der Waals surface area contributed by atoms with Gasteiger partial charge in [-0.1, -0.05) is 60.7 Å². The number of amides is 1. The minimum atomic E-state index is -1.02. The van der Waals surface area contributed by atoms with Crippen molar-refractivity contribution in [2.75, 3.05) is 33.4 Å². The molecule has 0 aliphatic carbocycles. The first-order valence-electron chi connectivity index (χ1n) is 11.1. The third-order valence-electron chi connectivity index (χ3n) is 4.98. The van der Waals surface area contributed by atoms with Crippen LogP contribution in [-0.2, 0) is 37.0 Å². The van der Waals surface area contributed by atoms with E-state index in [1.54, 1.807) is 0 Å². The lowest BCUT2D eigenvalue weighted by molar-refractivity contribution is -0.143. The molecule has 9 nitrogen and oxygen atoms in total. The SMILES string of the molecule is COC(=O)[C@H](CCOCc1ccccc1)NCCN(CCC(=O)O)C(=O)OCc1ccccc1. The van der Waals surface area contributed by atoms with Crippen molar-refractivity contribution < 1.29 is 33.7 Å². The van der Waals surface area contributed by atoms with E-state index in [0.717, 1.165) is 11.1 Å². The summed E-state index contributed by atoms with van der Waals surface area (Å²) in [6.45, 7) is 1.26. The summed E-state index contributed by atoms with van der Waals surface area (Å²) in [6.07, 6.45) is -0.450. The zero-order valence-corrected chi connectivity index (χ0v) is 19.4. The second kappa shape index (κ2) is 15.4. The summed E-state index contributed by atoms with van der Waals surface area (Å²) < 4.78 is 15.8. The lowest BCUT2D eigenvalue weighted by atomic mass is 10.2. The second-order valence-corrected chi connectivity index (χ2v) is 7.53. The highest BCUT2D eigenvalue weighted by atomic mass is 16.6. The first kappa shape index (κ1) is 26.8. The summed E-state index contributed by atoms with van der Waals surface area (Å²) in [7, 11) is 1.31. The van der Waals surface area contributed by atoms with Crippen molar-refractivity contribution >= 4 is 18.0 Å². The smallest absolute Gasteiger partial charge is 0.410 e. The van der Waals surface area contributed by atoms with Crippen LogP contribution in [0.25, 0.3) is 0 Å². The average Bonchev–Trinajstić information content (AvgIpc) is 2.86. The highest BCUT2D eigenvalue weighted by molar-refractivity contribution is 5.75. The molecule has 2 aromatic carbocycles. The molecule has 1 amide bonds. The fourth-order valence-corrected chi connectivity index (χ4v) is 3.12. The number of carbonyl (C=O) groups is 3. The van der Waals surface area contributed by atoms with E-state index in [0.29, 0.717) is 19.6 Å². The van der Waals surface area contributed by atoms with Gasteiger partial charge in [0.15, 0.2) is 0 Å². The summed E-state index contributed by atoms with van der Waals surface area (Å²) in [5.74, 6) is -1.45. The molecule has 2 aromatic rings. The Hall–Kier alpha value is -3.43. The molecule has 2 N–H and O–H groups in total. The number of carboxylic acids is 1. The van der Waals surface area contributed by atoms with Crippen LogP contribution in [0.4, 0.5) is 4.79 Å². The van der Waals surface area contributed by atoms with E-state index in [1.165, 1.54) is 12.0 Å². The van der Waals surface area contributed by atoms with Gasteiger partial charge in [0.25, 0.3) is 0 Å². The number of methoxy groups -OCH3 is 1. The number of nitrogens with one attached hydrogen (secondary N) is 1. The minimum absolute atomic E-state index is 0.00624. The molecular weight excluding hydrogens is 440 g/mol. The average molecular weight is 473 g/mol. The largest absolute Gasteiger partial charge is 0.481 e. The van der Waals surface area contributed by atoms with Crippen LogP contribution >= 0.6 is 0 Å². The van der Waals surface area contributed by atoms with Crippen molar-refractivity contribution in [1.29, 1.82) is 0 Å². The van der Waals surface area contributed by atoms with E-state index in [4.69, 9.17) is 19.3 Å². The predicted octanol–water partition coefficient (Wildman–Crippen LogP) is 2.84. The summed E-state index contributed by atoms with van der Waals surface area (Å²) in [4.78, 5) is 37.0. The Morgan fingerprint density at radius 1 is 0.941 bits per heavy atom. The highest BCUT2D eigenvalue weighted by Gasteiger charge is 2.21. The Bertz CT molecular complexity index is 877. The number of hydrogen-bond donors (Lipinski definition) is 2. The third kappa shape index (κ3) is 10.5. The number of benzene rings is 2. The van der Waals surface area contributed by atoms with Gasteiger partial charge in [0, 0.05) is 26.2 Å². The Balaban J connectivity index is 1.82. The van der Waals surface area contributed by atoms with Gasteiger partial charge >= 0.3 is 18.0 Å². The standard InChI is InChI=1S/C25H32N2O7/c1-32-24(30)22(13-17-33-18-20-8-4-2-5-9-20)26-14-16-27(15-12-23(28)29)25(31)34-19-21-10-6-3-7-11-21/h2-11,22,26H,12-19H2,1H3,(H,28,29)/t22-/m0/s1. The van der Waals surface area contributed by atoms with Crippen LogP contribution in [0.15, 0.2) is 60.7 Å². The van der Waals surface area contributed by atoms with Gasteiger partial charge in [0.05, 0.1) is 20.1 Å². The fraction of sp³-hybridized carbons (Fsp3) is 0.400. The zero-order valence-electron chi connectivity index (χ0n) is 19.4. The van der Waals surface area contributed by atoms with Crippen LogP contribution in [0.3, 0.4) is 0 Å². The molecule has 184 valence electrons. The molecule has 0 fully saturated rings. The van der Waals surface area contributed by atoms with Crippen LogP contribution in [0, 0.1) is 0 Å². The number of carbonyl (C=O) groups excluding carboxylic acids is 2. The number of carboxylic acid groups (broad SMARTS) is 1. The first-order valence-corrected chi connectivity index (χ1v) is 11.1. The molecule has 0 heterocycles. The maximum atomic E-state index is 12.5. The minimum Gasteiger partial charge on any atom is -0.481 e. The highest BCUT2D eigenvalue weighted by Crippen LogP contribution is 2.05. The molecule has 2 rings (SSSR count). The number of rotatable bonds is 15. The van der Waals surface area contributed by atoms with E-state index in [9.17, 15) is 14.4 Å². The summed E-state index contributed by atoms with van der Waals surface area (Å²) in [6, 6.07) is 18.3. The Morgan fingerprint density at radius 3 is 2.15 bits per heavy atom. The van der Waals surface area contributed by atoms with Gasteiger partial charge in [0.1, 0.15) is 12.6 Å². The number of nitrogens with zero attached hydrogens (tertiary/aromatic N) is 1. The van der Waals surface area contributed by atoms with Gasteiger partial charge in [-0.05, 0) is 17.5 Å². The maximum absolute atomic E-state index is 12.5. The van der Waals surface area contributed by atoms with Gasteiger partial charge in [-0.3, -0.25) is 9.59 Å². The van der Waals surface area contributed by atoms with Gasteiger partial charge in [0.2, 0.25) is 0 Å². The van der Waals surface area contributed by atoms with Gasteiger partial charge in [-0.25, -0.2) is 4.79 Å². The van der Waals surface area contributed by atoms with Crippen LogP contribution < -0.4 is 5.32 Å². The third-order valence-corrected chi connectivity index (χ3v) is 4.98. The first-order chi connectivity index (χ1) is 16.5. The van der Waals surface area contributed by atoms with E-state index >= 15 is 0 Å². The lowest BCUT2D eigenvalue weighted by Crippen LogP contribution is -2.44. The molecule has 0 spiro atoms. The van der Waals surface area contributed by atoms with E-state index < -0.39 is 24.1 Å². The molecule has 0 bridgehead atoms. The van der Waals surface area contributed by atoms with Crippen molar-refractivity contribution in [3.63, 3.8) is 0 Å². The molecular formula is C25H32N2O7. The summed E-state index contributed by atoms with van der Waals surface area (Å²) in [5.41, 5.74) is 1.86. The van der Waals surface area contributed by atoms with Gasteiger partial charge in [-0.15, -0.1) is 0 Å². The van der Waals surface area contributed by atoms with Crippen molar-refractivity contribution in [2.45, 2.75) is 32.1 Å². The molecule has 34 heavy (non-hydrogen) atoms. The van der Waals surface area contributed by atoms with Crippen LogP contribution in [0.2, 0.25) is 0 Å². The van der Waals surface area contributed by atoms with Gasteiger partial charge in [-0.2, -0.15) is 0 Å². The lowest BCUT2D eigenvalue weighted by Gasteiger charge is -2.23. The quantitative estimate of drug-likeness (QED) is 0.300. The molecule has 9 heteroatoms. The molecule has 0 saturated heterocycles. The van der Waals surface area contributed by atoms with E-state index in [2.05, 4.69) is 5.32 Å². The van der Waals surface area contributed by atoms with E-state index in [-0.39, 0.29) is 32.7 Å². The Labute approximate surface area is 199 Å². The number of aliphatic carboxylic acids is 1. The van der Waals surface area contributed by atoms with Gasteiger partial charge < -0.3 is 29.5 Å². The molecule has 0 saturated carbocycles. The predicted molar refractivity (Wildman–Crippen MR) is 125 cm³/mol. The molecule has 0 aliphatic rings. The molecule has 0 unspecified atom stereocenters. The van der Waals surface area contributed by atoms with Crippen LogP contribution in [0.1, 0.15) is 24.0 Å². The maximum Gasteiger partial charge on any atom is 0.410 e. The number of ether oxygens (including phenoxy) is 3. The Morgan fingerprint density at radius 2 is 1.56 bits per heavy atom. The van der Waals surface area contributed by atoms with Crippen LogP contribution in [0.5, 0.6) is 0 Å². The second-order valence-electron chi connectivity index (χ2n) is 7.53.